The third kappa shape index (κ3) is 4.45. The zero-order chi connectivity index (χ0) is 11.1. The summed E-state index contributed by atoms with van der Waals surface area (Å²) in [7, 11) is 0. The topological polar surface area (TPSA) is 0 Å². The third-order valence-corrected chi connectivity index (χ3v) is 2.33. The summed E-state index contributed by atoms with van der Waals surface area (Å²) in [5, 5.41) is 0. The van der Waals surface area contributed by atoms with E-state index in [4.69, 9.17) is 0 Å². The van der Waals surface area contributed by atoms with Crippen molar-refractivity contribution >= 4 is 0 Å². The summed E-state index contributed by atoms with van der Waals surface area (Å²) in [6.07, 6.45) is 0. The number of benzene rings is 1. The fourth-order valence-electron chi connectivity index (χ4n) is 1.52. The molecular weight excluding hydrogens is 244 g/mol. The molecule has 0 unspecified atom stereocenters. The van der Waals surface area contributed by atoms with Crippen molar-refractivity contribution in [2.45, 2.75) is 0 Å². The minimum absolute atomic E-state index is 0. The van der Waals surface area contributed by atoms with Gasteiger partial charge in [-0.15, -0.1) is 29.8 Å². The molecule has 3 rings (SSSR count). The van der Waals surface area contributed by atoms with Crippen LogP contribution in [0.3, 0.4) is 0 Å². The van der Waals surface area contributed by atoms with Crippen molar-refractivity contribution in [2.24, 2.45) is 0 Å². The molecule has 0 aromatic heterocycles. The minimum atomic E-state index is 0. The van der Waals surface area contributed by atoms with Crippen LogP contribution in [0.4, 0.5) is 0 Å². The van der Waals surface area contributed by atoms with Gasteiger partial charge in [0, 0.05) is 17.4 Å². The van der Waals surface area contributed by atoms with Crippen LogP contribution in [0.25, 0.3) is 11.1 Å². The molecule has 17 heavy (non-hydrogen) atoms. The maximum absolute atomic E-state index is 2.12. The minimum Gasteiger partial charge on any atom is -0.748 e. The van der Waals surface area contributed by atoms with E-state index in [9.17, 15) is 0 Å². The molecule has 3 aromatic rings. The van der Waals surface area contributed by atoms with Gasteiger partial charge in [0.25, 0.3) is 0 Å². The van der Waals surface area contributed by atoms with E-state index in [1.807, 2.05) is 36.4 Å². The van der Waals surface area contributed by atoms with Gasteiger partial charge in [0.2, 0.25) is 0 Å². The van der Waals surface area contributed by atoms with Crippen molar-refractivity contribution in [1.82, 2.24) is 0 Å². The molecule has 0 aliphatic heterocycles. The normalized spacial score (nSPS) is 8.71. The molecule has 0 saturated carbocycles. The SMILES string of the molecule is [Cr].[cH-]1[cH-][cH-][cH-][cH-]1.c1ccc(-[c-]2cccc2)cc1. The smallest absolute Gasteiger partial charge is 0 e. The molecule has 0 nitrogen and oxygen atoms in total. The first-order chi connectivity index (χ1) is 7.97. The Kier molecular flexibility index (Phi) is 6.11. The Bertz CT molecular complexity index is 446. The van der Waals surface area contributed by atoms with Crippen LogP contribution in [-0.4, -0.2) is 0 Å². The van der Waals surface area contributed by atoms with Gasteiger partial charge < -0.3 is 30.3 Å². The second-order valence-corrected chi connectivity index (χ2v) is 3.50. The molecule has 90 valence electrons. The summed E-state index contributed by atoms with van der Waals surface area (Å²) < 4.78 is 0. The van der Waals surface area contributed by atoms with Crippen molar-refractivity contribution < 1.29 is 17.4 Å². The van der Waals surface area contributed by atoms with Crippen molar-refractivity contribution in [3.63, 3.8) is 0 Å². The Morgan fingerprint density at radius 3 is 1.59 bits per heavy atom. The molecule has 0 fully saturated rings. The molecule has 0 aliphatic rings. The Balaban J connectivity index is 0.000000205. The fraction of sp³-hybridized carbons (Fsp3) is 0. The van der Waals surface area contributed by atoms with Crippen LogP contribution in [0.15, 0.2) is 84.9 Å². The van der Waals surface area contributed by atoms with Gasteiger partial charge in [0.05, 0.1) is 0 Å². The zero-order valence-electron chi connectivity index (χ0n) is 9.49. The molecular formula is C16H14Cr-6. The van der Waals surface area contributed by atoms with Crippen LogP contribution in [0, 0.1) is 0 Å². The second kappa shape index (κ2) is 7.68. The van der Waals surface area contributed by atoms with E-state index in [1.54, 1.807) is 0 Å². The first-order valence-electron chi connectivity index (χ1n) is 5.40. The van der Waals surface area contributed by atoms with Crippen LogP contribution in [0.2, 0.25) is 0 Å². The Morgan fingerprint density at radius 2 is 1.12 bits per heavy atom. The average molecular weight is 258 g/mol. The Labute approximate surface area is 113 Å². The van der Waals surface area contributed by atoms with Crippen LogP contribution >= 0.6 is 0 Å². The number of rotatable bonds is 1. The summed E-state index contributed by atoms with van der Waals surface area (Å²) in [5.74, 6) is 0. The van der Waals surface area contributed by atoms with E-state index in [-0.39, 0.29) is 17.4 Å². The van der Waals surface area contributed by atoms with E-state index in [1.165, 1.54) is 11.1 Å². The number of hydrogen-bond acceptors (Lipinski definition) is 0. The molecule has 0 radical (unpaired) electrons. The monoisotopic (exact) mass is 258 g/mol. The summed E-state index contributed by atoms with van der Waals surface area (Å²) >= 11 is 0. The summed E-state index contributed by atoms with van der Waals surface area (Å²) in [6, 6.07) is 28.7. The summed E-state index contributed by atoms with van der Waals surface area (Å²) in [4.78, 5) is 0. The molecule has 3 aromatic carbocycles. The quantitative estimate of drug-likeness (QED) is 0.565. The molecule has 0 spiro atoms. The van der Waals surface area contributed by atoms with E-state index in [0.717, 1.165) is 0 Å². The molecule has 0 saturated heterocycles. The Morgan fingerprint density at radius 1 is 0.647 bits per heavy atom. The van der Waals surface area contributed by atoms with Gasteiger partial charge in [-0.05, 0) is 0 Å². The molecule has 0 bridgehead atoms. The predicted molar refractivity (Wildman–Crippen MR) is 69.5 cm³/mol. The third-order valence-electron chi connectivity index (χ3n) is 2.33. The maximum atomic E-state index is 2.12. The average Bonchev–Trinajstić information content (AvgIpc) is 3.07. The van der Waals surface area contributed by atoms with E-state index in [0.29, 0.717) is 0 Å². The second-order valence-electron chi connectivity index (χ2n) is 3.50. The van der Waals surface area contributed by atoms with Crippen LogP contribution in [0.1, 0.15) is 0 Å². The zero-order valence-corrected chi connectivity index (χ0v) is 10.8. The standard InChI is InChI=1S/C11H9.C5H5.Cr/c1-2-6-10(7-3-1)11-8-4-5-9-11;1-2-4-5-3-1;/h1-9H;1-5H;/q-1;-5;. The van der Waals surface area contributed by atoms with E-state index >= 15 is 0 Å². The van der Waals surface area contributed by atoms with E-state index in [2.05, 4.69) is 48.5 Å². The molecule has 1 heteroatoms. The van der Waals surface area contributed by atoms with Gasteiger partial charge in [-0.3, -0.25) is 0 Å². The fourth-order valence-corrected chi connectivity index (χ4v) is 1.52. The number of hydrogen-bond donors (Lipinski definition) is 0. The first-order valence-corrected chi connectivity index (χ1v) is 5.40. The van der Waals surface area contributed by atoms with Crippen LogP contribution < -0.4 is 0 Å². The van der Waals surface area contributed by atoms with Crippen molar-refractivity contribution in [3.05, 3.63) is 84.9 Å². The Hall–Kier alpha value is -1.55. The van der Waals surface area contributed by atoms with Crippen molar-refractivity contribution in [3.8, 4) is 11.1 Å². The first kappa shape index (κ1) is 13.5. The summed E-state index contributed by atoms with van der Waals surface area (Å²) in [5.41, 5.74) is 2.59. The van der Waals surface area contributed by atoms with Crippen molar-refractivity contribution in [2.75, 3.05) is 0 Å². The molecule has 0 amide bonds. The predicted octanol–water partition coefficient (Wildman–Crippen LogP) is 4.48. The summed E-state index contributed by atoms with van der Waals surface area (Å²) in [6.45, 7) is 0. The largest absolute Gasteiger partial charge is 0.748 e. The van der Waals surface area contributed by atoms with Crippen LogP contribution in [-0.2, 0) is 17.4 Å². The molecule has 0 heterocycles. The van der Waals surface area contributed by atoms with Gasteiger partial charge in [-0.2, -0.15) is 12.1 Å². The molecule has 0 aliphatic carbocycles. The van der Waals surface area contributed by atoms with Crippen LogP contribution in [0.5, 0.6) is 0 Å². The van der Waals surface area contributed by atoms with Gasteiger partial charge in [-0.25, -0.2) is 0 Å². The van der Waals surface area contributed by atoms with E-state index < -0.39 is 0 Å². The maximum Gasteiger partial charge on any atom is 0 e. The van der Waals surface area contributed by atoms with Gasteiger partial charge >= 0.3 is 0 Å². The van der Waals surface area contributed by atoms with Crippen molar-refractivity contribution in [1.29, 1.82) is 0 Å². The molecule has 0 atom stereocenters. The van der Waals surface area contributed by atoms with Gasteiger partial charge in [0.15, 0.2) is 0 Å². The molecule has 0 N–H and O–H groups in total. The van der Waals surface area contributed by atoms with Gasteiger partial charge in [-0.1, -0.05) is 23.8 Å². The van der Waals surface area contributed by atoms with Gasteiger partial charge in [0.1, 0.15) is 0 Å².